The van der Waals surface area contributed by atoms with E-state index in [4.69, 9.17) is 4.74 Å². The fourth-order valence-electron chi connectivity index (χ4n) is 4.12. The Morgan fingerprint density at radius 2 is 1.92 bits per heavy atom. The molecule has 0 spiro atoms. The molecule has 2 aliphatic carbocycles. The zero-order valence-electron chi connectivity index (χ0n) is 14.4. The van der Waals surface area contributed by atoms with Gasteiger partial charge in [0.1, 0.15) is 5.00 Å². The molecule has 1 saturated carbocycles. The van der Waals surface area contributed by atoms with Gasteiger partial charge in [-0.25, -0.2) is 4.79 Å². The number of ether oxygens (including phenoxy) is 1. The lowest BCUT2D eigenvalue weighted by atomic mass is 9.82. The van der Waals surface area contributed by atoms with Crippen molar-refractivity contribution in [3.05, 3.63) is 28.2 Å². The number of aryl methyl sites for hydroxylation is 1. The smallest absolute Gasteiger partial charge is 0.341 e. The zero-order chi connectivity index (χ0) is 18.3. The van der Waals surface area contributed by atoms with E-state index in [1.807, 2.05) is 26.0 Å². The minimum absolute atomic E-state index is 0.0561. The number of nitrogens with one attached hydrogen (secondary N) is 1. The Kier molecular flexibility index (Phi) is 4.69. The first-order chi connectivity index (χ1) is 11.9. The molecular formula is C18H21NO5S. The average Bonchev–Trinajstić information content (AvgIpc) is 3.26. The van der Waals surface area contributed by atoms with Gasteiger partial charge in [0.2, 0.25) is 5.91 Å². The van der Waals surface area contributed by atoms with Crippen LogP contribution >= 0.6 is 11.3 Å². The molecule has 0 radical (unpaired) electrons. The minimum atomic E-state index is -0.943. The van der Waals surface area contributed by atoms with Gasteiger partial charge in [-0.2, -0.15) is 0 Å². The normalized spacial score (nSPS) is 26.7. The molecule has 2 aliphatic rings. The summed E-state index contributed by atoms with van der Waals surface area (Å²) < 4.78 is 4.86. The maximum atomic E-state index is 12.8. The van der Waals surface area contributed by atoms with Gasteiger partial charge in [0, 0.05) is 4.88 Å². The van der Waals surface area contributed by atoms with Crippen molar-refractivity contribution in [3.8, 4) is 0 Å². The first-order valence-corrected chi connectivity index (χ1v) is 9.13. The molecule has 6 nitrogen and oxygen atoms in total. The number of rotatable bonds is 5. The second kappa shape index (κ2) is 6.63. The molecule has 3 rings (SSSR count). The Labute approximate surface area is 149 Å². The van der Waals surface area contributed by atoms with Crippen LogP contribution in [-0.4, -0.2) is 30.1 Å². The fourth-order valence-corrected chi connectivity index (χ4v) is 5.26. The summed E-state index contributed by atoms with van der Waals surface area (Å²) in [7, 11) is 1.31. The lowest BCUT2D eigenvalue weighted by Gasteiger charge is -2.23. The van der Waals surface area contributed by atoms with E-state index in [0.717, 1.165) is 10.4 Å². The summed E-state index contributed by atoms with van der Waals surface area (Å²) in [5, 5.41) is 12.8. The van der Waals surface area contributed by atoms with Crippen LogP contribution in [0.2, 0.25) is 0 Å². The van der Waals surface area contributed by atoms with Gasteiger partial charge >= 0.3 is 11.9 Å². The number of allylic oxidation sites excluding steroid dienone is 2. The van der Waals surface area contributed by atoms with Crippen LogP contribution in [0.25, 0.3) is 0 Å². The number of fused-ring (bicyclic) bond motifs is 2. The number of hydrogen-bond acceptors (Lipinski definition) is 5. The molecule has 4 atom stereocenters. The summed E-state index contributed by atoms with van der Waals surface area (Å²) in [6.07, 6.45) is 5.18. The van der Waals surface area contributed by atoms with E-state index in [2.05, 4.69) is 5.32 Å². The molecule has 2 bridgehead atoms. The highest BCUT2D eigenvalue weighted by Crippen LogP contribution is 2.48. The Bertz CT molecular complexity index is 766. The second-order valence-corrected chi connectivity index (χ2v) is 7.74. The molecule has 0 saturated heterocycles. The average molecular weight is 363 g/mol. The molecule has 7 heteroatoms. The number of esters is 1. The first-order valence-electron chi connectivity index (χ1n) is 8.31. The summed E-state index contributed by atoms with van der Waals surface area (Å²) in [4.78, 5) is 37.5. The Morgan fingerprint density at radius 3 is 2.48 bits per heavy atom. The van der Waals surface area contributed by atoms with Crippen molar-refractivity contribution < 1.29 is 24.2 Å². The van der Waals surface area contributed by atoms with Gasteiger partial charge in [-0.15, -0.1) is 11.3 Å². The molecule has 1 aromatic rings. The number of carbonyl (C=O) groups is 3. The van der Waals surface area contributed by atoms with Crippen LogP contribution in [0.5, 0.6) is 0 Å². The lowest BCUT2D eigenvalue weighted by Crippen LogP contribution is -2.36. The quantitative estimate of drug-likeness (QED) is 0.620. The summed E-state index contributed by atoms with van der Waals surface area (Å²) in [5.74, 6) is -3.22. The third-order valence-electron chi connectivity index (χ3n) is 5.24. The van der Waals surface area contributed by atoms with Crippen LogP contribution < -0.4 is 5.32 Å². The van der Waals surface area contributed by atoms with Crippen LogP contribution in [0, 0.1) is 30.6 Å². The predicted molar refractivity (Wildman–Crippen MR) is 93.8 cm³/mol. The van der Waals surface area contributed by atoms with Crippen LogP contribution in [0.1, 0.15) is 34.1 Å². The van der Waals surface area contributed by atoms with Crippen LogP contribution in [0.4, 0.5) is 5.00 Å². The molecule has 1 aromatic heterocycles. The maximum Gasteiger partial charge on any atom is 0.341 e. The molecule has 0 aliphatic heterocycles. The van der Waals surface area contributed by atoms with Gasteiger partial charge in [-0.1, -0.05) is 19.1 Å². The van der Waals surface area contributed by atoms with Crippen LogP contribution in [0.3, 0.4) is 0 Å². The number of carboxylic acids is 1. The third-order valence-corrected chi connectivity index (χ3v) is 6.30. The van der Waals surface area contributed by atoms with Gasteiger partial charge in [-0.05, 0) is 37.2 Å². The number of methoxy groups -OCH3 is 1. The van der Waals surface area contributed by atoms with Crippen molar-refractivity contribution in [3.63, 3.8) is 0 Å². The predicted octanol–water partition coefficient (Wildman–Crippen LogP) is 2.87. The molecule has 1 heterocycles. The summed E-state index contributed by atoms with van der Waals surface area (Å²) in [6.45, 7) is 3.83. The largest absolute Gasteiger partial charge is 0.481 e. The number of anilines is 1. The molecular weight excluding hydrogens is 342 g/mol. The fraction of sp³-hybridized carbons (Fsp3) is 0.500. The van der Waals surface area contributed by atoms with E-state index < -0.39 is 23.8 Å². The van der Waals surface area contributed by atoms with Crippen LogP contribution in [-0.2, 0) is 20.7 Å². The topological polar surface area (TPSA) is 92.7 Å². The molecule has 134 valence electrons. The van der Waals surface area contributed by atoms with Crippen molar-refractivity contribution in [1.29, 1.82) is 0 Å². The van der Waals surface area contributed by atoms with Gasteiger partial charge < -0.3 is 15.2 Å². The Balaban J connectivity index is 1.90. The van der Waals surface area contributed by atoms with E-state index in [-0.39, 0.29) is 17.7 Å². The maximum absolute atomic E-state index is 12.8. The highest BCUT2D eigenvalue weighted by molar-refractivity contribution is 7.16. The number of hydrogen-bond donors (Lipinski definition) is 2. The molecule has 0 aromatic carbocycles. The SMILES string of the molecule is CCc1c(C)sc(NC(=O)[C@H]2[C@@H](C(=O)O)[C@H]3C=C[C@H]2C3)c1C(=O)OC. The van der Waals surface area contributed by atoms with Crippen LogP contribution in [0.15, 0.2) is 12.2 Å². The van der Waals surface area contributed by atoms with Gasteiger partial charge in [0.05, 0.1) is 24.5 Å². The van der Waals surface area contributed by atoms with Crippen molar-refractivity contribution in [2.45, 2.75) is 26.7 Å². The van der Waals surface area contributed by atoms with Crippen molar-refractivity contribution in [2.75, 3.05) is 12.4 Å². The Morgan fingerprint density at radius 1 is 1.28 bits per heavy atom. The third kappa shape index (κ3) is 2.86. The monoisotopic (exact) mass is 363 g/mol. The van der Waals surface area contributed by atoms with E-state index >= 15 is 0 Å². The molecule has 0 unspecified atom stereocenters. The zero-order valence-corrected chi connectivity index (χ0v) is 15.2. The number of thiophene rings is 1. The number of amides is 1. The minimum Gasteiger partial charge on any atom is -0.481 e. The number of carboxylic acid groups (broad SMARTS) is 1. The summed E-state index contributed by atoms with van der Waals surface area (Å²) >= 11 is 1.33. The first kappa shape index (κ1) is 17.7. The van der Waals surface area contributed by atoms with E-state index in [9.17, 15) is 19.5 Å². The highest BCUT2D eigenvalue weighted by Gasteiger charge is 2.51. The number of aliphatic carboxylic acids is 1. The molecule has 1 amide bonds. The van der Waals surface area contributed by atoms with E-state index in [1.165, 1.54) is 18.4 Å². The second-order valence-electron chi connectivity index (χ2n) is 6.51. The van der Waals surface area contributed by atoms with Gasteiger partial charge in [0.15, 0.2) is 0 Å². The van der Waals surface area contributed by atoms with E-state index in [0.29, 0.717) is 23.4 Å². The summed E-state index contributed by atoms with van der Waals surface area (Å²) in [6, 6.07) is 0. The lowest BCUT2D eigenvalue weighted by molar-refractivity contribution is -0.146. The standard InChI is InChI=1S/C18H21NO5S/c1-4-11-8(2)25-16(14(11)18(23)24-3)19-15(20)12-9-5-6-10(7-9)13(12)17(21)22/h5-6,9-10,12-13H,4,7H2,1-3H3,(H,19,20)(H,21,22)/t9-,10-,12+,13-/m0/s1. The van der Waals surface area contributed by atoms with Gasteiger partial charge in [-0.3, -0.25) is 9.59 Å². The molecule has 2 N–H and O–H groups in total. The molecule has 1 fully saturated rings. The van der Waals surface area contributed by atoms with E-state index in [1.54, 1.807) is 0 Å². The van der Waals surface area contributed by atoms with Crippen molar-refractivity contribution >= 4 is 34.2 Å². The van der Waals surface area contributed by atoms with Crippen molar-refractivity contribution in [2.24, 2.45) is 23.7 Å². The van der Waals surface area contributed by atoms with Gasteiger partial charge in [0.25, 0.3) is 0 Å². The number of carbonyl (C=O) groups excluding carboxylic acids is 2. The Hall–Kier alpha value is -2.15. The van der Waals surface area contributed by atoms with Crippen molar-refractivity contribution in [1.82, 2.24) is 0 Å². The summed E-state index contributed by atoms with van der Waals surface area (Å²) in [5.41, 5.74) is 1.24. The molecule has 25 heavy (non-hydrogen) atoms. The highest BCUT2D eigenvalue weighted by atomic mass is 32.1.